The fourth-order valence-electron chi connectivity index (χ4n) is 3.70. The molecule has 0 atom stereocenters. The molecule has 1 aliphatic rings. The summed E-state index contributed by atoms with van der Waals surface area (Å²) in [7, 11) is 0. The highest BCUT2D eigenvalue weighted by molar-refractivity contribution is 7.99. The van der Waals surface area contributed by atoms with Crippen molar-refractivity contribution in [1.29, 1.82) is 0 Å². The van der Waals surface area contributed by atoms with E-state index in [9.17, 15) is 18.4 Å². The molecule has 31 heavy (non-hydrogen) atoms. The molecule has 3 aromatic rings. The van der Waals surface area contributed by atoms with Gasteiger partial charge in [-0.05, 0) is 43.4 Å². The lowest BCUT2D eigenvalue weighted by Gasteiger charge is -2.11. The first-order valence-corrected chi connectivity index (χ1v) is 11.8. The number of aromatic nitrogens is 2. The molecule has 1 N–H and O–H groups in total. The molecule has 1 aromatic carbocycles. The third kappa shape index (κ3) is 4.57. The van der Waals surface area contributed by atoms with E-state index in [1.807, 2.05) is 0 Å². The van der Waals surface area contributed by atoms with Gasteiger partial charge in [0.25, 0.3) is 5.56 Å². The SMILES string of the molecule is C=CCn1c(SCC(=O)Nc2ccc(F)c(F)c2)nc2sc3c(c2c1=O)CCCCC3. The van der Waals surface area contributed by atoms with E-state index in [2.05, 4.69) is 11.9 Å². The highest BCUT2D eigenvalue weighted by atomic mass is 32.2. The molecule has 0 bridgehead atoms. The molecule has 162 valence electrons. The third-order valence-corrected chi connectivity index (χ3v) is 7.30. The number of thiophene rings is 1. The molecule has 0 unspecified atom stereocenters. The largest absolute Gasteiger partial charge is 0.325 e. The highest BCUT2D eigenvalue weighted by Gasteiger charge is 2.21. The van der Waals surface area contributed by atoms with E-state index in [0.29, 0.717) is 21.9 Å². The Morgan fingerprint density at radius 3 is 2.84 bits per heavy atom. The van der Waals surface area contributed by atoms with Crippen LogP contribution in [0.4, 0.5) is 14.5 Å². The number of carbonyl (C=O) groups excluding carboxylic acids is 1. The Morgan fingerprint density at radius 2 is 2.06 bits per heavy atom. The van der Waals surface area contributed by atoms with Gasteiger partial charge in [0.15, 0.2) is 16.8 Å². The number of hydrogen-bond acceptors (Lipinski definition) is 5. The molecule has 1 amide bonds. The number of carbonyl (C=O) groups is 1. The van der Waals surface area contributed by atoms with Crippen LogP contribution in [0.2, 0.25) is 0 Å². The van der Waals surface area contributed by atoms with Crippen LogP contribution in [0, 0.1) is 11.6 Å². The van der Waals surface area contributed by atoms with Crippen LogP contribution in [0.3, 0.4) is 0 Å². The molecule has 5 nitrogen and oxygen atoms in total. The van der Waals surface area contributed by atoms with E-state index < -0.39 is 17.5 Å². The van der Waals surface area contributed by atoms with Crippen LogP contribution < -0.4 is 10.9 Å². The number of hydrogen-bond donors (Lipinski definition) is 1. The Kier molecular flexibility index (Phi) is 6.52. The molecule has 9 heteroatoms. The van der Waals surface area contributed by atoms with Crippen LogP contribution >= 0.6 is 23.1 Å². The predicted molar refractivity (Wildman–Crippen MR) is 121 cm³/mol. The maximum absolute atomic E-state index is 13.3. The summed E-state index contributed by atoms with van der Waals surface area (Å²) in [6, 6.07) is 3.17. The van der Waals surface area contributed by atoms with Gasteiger partial charge >= 0.3 is 0 Å². The van der Waals surface area contributed by atoms with E-state index in [1.165, 1.54) is 10.9 Å². The topological polar surface area (TPSA) is 64.0 Å². The molecule has 0 fully saturated rings. The summed E-state index contributed by atoms with van der Waals surface area (Å²) in [5.74, 6) is -2.45. The van der Waals surface area contributed by atoms with Gasteiger partial charge in [-0.2, -0.15) is 0 Å². The third-order valence-electron chi connectivity index (χ3n) is 5.14. The number of benzene rings is 1. The summed E-state index contributed by atoms with van der Waals surface area (Å²) in [6.07, 6.45) is 6.84. The van der Waals surface area contributed by atoms with Gasteiger partial charge in [0, 0.05) is 23.2 Å². The smallest absolute Gasteiger partial charge is 0.263 e. The first-order valence-electron chi connectivity index (χ1n) is 10.0. The second-order valence-corrected chi connectivity index (χ2v) is 9.34. The molecule has 0 radical (unpaired) electrons. The number of aryl methyl sites for hydroxylation is 2. The number of rotatable bonds is 6. The molecular weight excluding hydrogens is 440 g/mol. The van der Waals surface area contributed by atoms with Crippen LogP contribution in [0.25, 0.3) is 10.2 Å². The quantitative estimate of drug-likeness (QED) is 0.245. The first-order chi connectivity index (χ1) is 15.0. The molecule has 2 heterocycles. The van der Waals surface area contributed by atoms with Crippen molar-refractivity contribution in [3.8, 4) is 0 Å². The Bertz CT molecular complexity index is 1220. The maximum atomic E-state index is 13.3. The van der Waals surface area contributed by atoms with Crippen molar-refractivity contribution >= 4 is 44.9 Å². The Morgan fingerprint density at radius 1 is 1.26 bits per heavy atom. The number of nitrogens with one attached hydrogen (secondary N) is 1. The highest BCUT2D eigenvalue weighted by Crippen LogP contribution is 2.34. The lowest BCUT2D eigenvalue weighted by Crippen LogP contribution is -2.24. The van der Waals surface area contributed by atoms with Crippen LogP contribution in [-0.2, 0) is 24.2 Å². The molecule has 0 spiro atoms. The van der Waals surface area contributed by atoms with Crippen molar-refractivity contribution < 1.29 is 13.6 Å². The van der Waals surface area contributed by atoms with E-state index in [-0.39, 0.29) is 17.0 Å². The Balaban J connectivity index is 1.59. The summed E-state index contributed by atoms with van der Waals surface area (Å²) in [6.45, 7) is 4.03. The van der Waals surface area contributed by atoms with Crippen LogP contribution in [0.1, 0.15) is 29.7 Å². The number of allylic oxidation sites excluding steroid dienone is 1. The number of amides is 1. The summed E-state index contributed by atoms with van der Waals surface area (Å²) in [5.41, 5.74) is 1.19. The minimum atomic E-state index is -1.03. The number of nitrogens with zero attached hydrogens (tertiary/aromatic N) is 2. The number of fused-ring (bicyclic) bond motifs is 3. The maximum Gasteiger partial charge on any atom is 0.263 e. The zero-order valence-electron chi connectivity index (χ0n) is 16.7. The predicted octanol–water partition coefficient (Wildman–Crippen LogP) is 4.92. The van der Waals surface area contributed by atoms with Crippen LogP contribution in [0.5, 0.6) is 0 Å². The molecule has 0 saturated heterocycles. The zero-order chi connectivity index (χ0) is 22.0. The molecule has 0 aliphatic heterocycles. The summed E-state index contributed by atoms with van der Waals surface area (Å²) >= 11 is 2.70. The molecule has 4 rings (SSSR count). The molecular formula is C22H21F2N3O2S2. The lowest BCUT2D eigenvalue weighted by molar-refractivity contribution is -0.113. The Hall–Kier alpha value is -2.52. The number of anilines is 1. The van der Waals surface area contributed by atoms with Crippen LogP contribution in [0.15, 0.2) is 40.8 Å². The molecule has 0 saturated carbocycles. The normalized spacial score (nSPS) is 13.6. The van der Waals surface area contributed by atoms with Crippen LogP contribution in [-0.4, -0.2) is 21.2 Å². The minimum Gasteiger partial charge on any atom is -0.325 e. The van der Waals surface area contributed by atoms with Crippen molar-refractivity contribution in [2.24, 2.45) is 0 Å². The van der Waals surface area contributed by atoms with Gasteiger partial charge < -0.3 is 5.32 Å². The fourth-order valence-corrected chi connectivity index (χ4v) is 5.81. The second kappa shape index (κ2) is 9.32. The average Bonchev–Trinajstić information content (AvgIpc) is 2.92. The Labute approximate surface area is 186 Å². The second-order valence-electron chi connectivity index (χ2n) is 7.31. The van der Waals surface area contributed by atoms with Gasteiger partial charge in [-0.25, -0.2) is 13.8 Å². The van der Waals surface area contributed by atoms with E-state index >= 15 is 0 Å². The number of halogens is 2. The lowest BCUT2D eigenvalue weighted by atomic mass is 10.1. The molecule has 2 aromatic heterocycles. The summed E-state index contributed by atoms with van der Waals surface area (Å²) in [5, 5.41) is 3.66. The summed E-state index contributed by atoms with van der Waals surface area (Å²) < 4.78 is 27.9. The fraction of sp³-hybridized carbons (Fsp3) is 0.318. The van der Waals surface area contributed by atoms with Gasteiger partial charge in [-0.1, -0.05) is 24.3 Å². The van der Waals surface area contributed by atoms with E-state index in [4.69, 9.17) is 4.98 Å². The summed E-state index contributed by atoms with van der Waals surface area (Å²) in [4.78, 5) is 32.2. The van der Waals surface area contributed by atoms with Gasteiger partial charge in [0.2, 0.25) is 5.91 Å². The van der Waals surface area contributed by atoms with E-state index in [0.717, 1.165) is 61.6 Å². The van der Waals surface area contributed by atoms with Crippen molar-refractivity contribution in [3.05, 3.63) is 63.3 Å². The standard InChI is InChI=1S/C22H21F2N3O2S2/c1-2-10-27-21(29)19-14-6-4-3-5-7-17(14)31-20(19)26-22(27)30-12-18(28)25-13-8-9-15(23)16(24)11-13/h2,8-9,11H,1,3-7,10,12H2,(H,25,28). The monoisotopic (exact) mass is 461 g/mol. The van der Waals surface area contributed by atoms with Gasteiger partial charge in [0.05, 0.1) is 11.1 Å². The zero-order valence-corrected chi connectivity index (χ0v) is 18.4. The number of thioether (sulfide) groups is 1. The average molecular weight is 462 g/mol. The molecule has 1 aliphatic carbocycles. The van der Waals surface area contributed by atoms with Gasteiger partial charge in [-0.15, -0.1) is 17.9 Å². The minimum absolute atomic E-state index is 0.0286. The first kappa shape index (κ1) is 21.7. The van der Waals surface area contributed by atoms with Crippen molar-refractivity contribution in [3.63, 3.8) is 0 Å². The van der Waals surface area contributed by atoms with Gasteiger partial charge in [-0.3, -0.25) is 14.2 Å². The van der Waals surface area contributed by atoms with Crippen molar-refractivity contribution in [1.82, 2.24) is 9.55 Å². The van der Waals surface area contributed by atoms with Crippen molar-refractivity contribution in [2.45, 2.75) is 43.8 Å². The van der Waals surface area contributed by atoms with E-state index in [1.54, 1.807) is 22.0 Å². The van der Waals surface area contributed by atoms with Crippen molar-refractivity contribution in [2.75, 3.05) is 11.1 Å². The van der Waals surface area contributed by atoms with Gasteiger partial charge in [0.1, 0.15) is 4.83 Å².